The summed E-state index contributed by atoms with van der Waals surface area (Å²) in [6.45, 7) is 9.95. The van der Waals surface area contributed by atoms with E-state index in [-0.39, 0.29) is 11.9 Å². The molecule has 6 heteroatoms. The third kappa shape index (κ3) is 6.53. The SMILES string of the molecule is C=CCCC(O)CN1CCN(c2nc(-c3ccccc3)nc(CC)c2Cc2ccc(F)cc2)CC1. The summed E-state index contributed by atoms with van der Waals surface area (Å²) in [5, 5.41) is 10.3. The molecule has 1 N–H and O–H groups in total. The molecule has 1 atom stereocenters. The van der Waals surface area contributed by atoms with E-state index in [2.05, 4.69) is 23.3 Å². The van der Waals surface area contributed by atoms with Gasteiger partial charge < -0.3 is 10.0 Å². The van der Waals surface area contributed by atoms with Crippen LogP contribution < -0.4 is 4.90 Å². The van der Waals surface area contributed by atoms with Crippen LogP contribution in [-0.2, 0) is 12.8 Å². The number of allylic oxidation sites excluding steroid dienone is 1. The smallest absolute Gasteiger partial charge is 0.161 e. The number of nitrogens with zero attached hydrogens (tertiary/aromatic N) is 4. The van der Waals surface area contributed by atoms with Gasteiger partial charge in [-0.3, -0.25) is 4.90 Å². The summed E-state index contributed by atoms with van der Waals surface area (Å²) < 4.78 is 13.5. The molecule has 0 spiro atoms. The van der Waals surface area contributed by atoms with Crippen molar-refractivity contribution in [3.05, 3.63) is 89.9 Å². The predicted molar refractivity (Wildman–Crippen MR) is 140 cm³/mol. The van der Waals surface area contributed by atoms with Crippen molar-refractivity contribution in [2.24, 2.45) is 0 Å². The molecule has 184 valence electrons. The summed E-state index contributed by atoms with van der Waals surface area (Å²) >= 11 is 0. The Morgan fingerprint density at radius 1 is 1.03 bits per heavy atom. The van der Waals surface area contributed by atoms with Crippen molar-refractivity contribution >= 4 is 5.82 Å². The van der Waals surface area contributed by atoms with Crippen LogP contribution in [0.25, 0.3) is 11.4 Å². The van der Waals surface area contributed by atoms with Gasteiger partial charge in [0.2, 0.25) is 0 Å². The maximum atomic E-state index is 13.5. The molecular formula is C29H35FN4O. The second kappa shape index (κ2) is 12.0. The number of aryl methyl sites for hydroxylation is 1. The van der Waals surface area contributed by atoms with Crippen LogP contribution in [0.5, 0.6) is 0 Å². The molecule has 1 aliphatic rings. The average Bonchev–Trinajstić information content (AvgIpc) is 2.89. The van der Waals surface area contributed by atoms with Gasteiger partial charge in [-0.2, -0.15) is 0 Å². The topological polar surface area (TPSA) is 52.5 Å². The standard InChI is InChI=1S/C29H35FN4O/c1-3-5-11-25(35)21-33-16-18-34(19-17-33)29-26(20-22-12-14-24(30)15-13-22)27(4-2)31-28(32-29)23-9-7-6-8-10-23/h3,6-10,12-15,25,35H,1,4-5,11,16-21H2,2H3. The van der Waals surface area contributed by atoms with Gasteiger partial charge in [-0.1, -0.05) is 55.5 Å². The fraction of sp³-hybridized carbons (Fsp3) is 0.379. The molecular weight excluding hydrogens is 439 g/mol. The van der Waals surface area contributed by atoms with Gasteiger partial charge in [0.05, 0.1) is 6.10 Å². The first kappa shape index (κ1) is 25.0. The lowest BCUT2D eigenvalue weighted by molar-refractivity contribution is 0.103. The fourth-order valence-electron chi connectivity index (χ4n) is 4.62. The van der Waals surface area contributed by atoms with Crippen molar-refractivity contribution in [2.45, 2.75) is 38.7 Å². The summed E-state index contributed by atoms with van der Waals surface area (Å²) in [5.41, 5.74) is 4.18. The number of benzene rings is 2. The van der Waals surface area contributed by atoms with Crippen LogP contribution in [0.4, 0.5) is 10.2 Å². The Morgan fingerprint density at radius 2 is 1.74 bits per heavy atom. The van der Waals surface area contributed by atoms with Crippen LogP contribution in [0.3, 0.4) is 0 Å². The Bertz CT molecular complexity index is 1100. The first-order valence-corrected chi connectivity index (χ1v) is 12.5. The summed E-state index contributed by atoms with van der Waals surface area (Å²) in [5.74, 6) is 1.47. The van der Waals surface area contributed by atoms with E-state index in [1.807, 2.05) is 48.5 Å². The van der Waals surface area contributed by atoms with Gasteiger partial charge in [-0.05, 0) is 37.0 Å². The van der Waals surface area contributed by atoms with Crippen molar-refractivity contribution < 1.29 is 9.50 Å². The van der Waals surface area contributed by atoms with Crippen LogP contribution >= 0.6 is 0 Å². The molecule has 1 aliphatic heterocycles. The monoisotopic (exact) mass is 474 g/mol. The minimum absolute atomic E-state index is 0.230. The highest BCUT2D eigenvalue weighted by atomic mass is 19.1. The second-order valence-electron chi connectivity index (χ2n) is 9.13. The van der Waals surface area contributed by atoms with E-state index in [0.29, 0.717) is 13.0 Å². The highest BCUT2D eigenvalue weighted by molar-refractivity contribution is 5.61. The van der Waals surface area contributed by atoms with Crippen LogP contribution in [0.1, 0.15) is 36.6 Å². The number of aliphatic hydroxyl groups excluding tert-OH is 1. The van der Waals surface area contributed by atoms with Crippen LogP contribution in [0.15, 0.2) is 67.3 Å². The van der Waals surface area contributed by atoms with E-state index < -0.39 is 0 Å². The minimum atomic E-state index is -0.330. The van der Waals surface area contributed by atoms with E-state index in [0.717, 1.165) is 79.5 Å². The number of aliphatic hydroxyl groups is 1. The van der Waals surface area contributed by atoms with Gasteiger partial charge in [0.1, 0.15) is 11.6 Å². The maximum Gasteiger partial charge on any atom is 0.161 e. The number of piperazine rings is 1. The Morgan fingerprint density at radius 3 is 2.40 bits per heavy atom. The van der Waals surface area contributed by atoms with Gasteiger partial charge in [0, 0.05) is 56.0 Å². The third-order valence-corrected chi connectivity index (χ3v) is 6.58. The van der Waals surface area contributed by atoms with E-state index in [1.165, 1.54) is 12.1 Å². The molecule has 35 heavy (non-hydrogen) atoms. The Kier molecular flexibility index (Phi) is 8.61. The highest BCUT2D eigenvalue weighted by Crippen LogP contribution is 2.29. The van der Waals surface area contributed by atoms with Gasteiger partial charge in [-0.15, -0.1) is 6.58 Å². The first-order valence-electron chi connectivity index (χ1n) is 12.5. The quantitative estimate of drug-likeness (QED) is 0.424. The molecule has 0 amide bonds. The van der Waals surface area contributed by atoms with Crippen molar-refractivity contribution in [1.82, 2.24) is 14.9 Å². The zero-order chi connectivity index (χ0) is 24.6. The minimum Gasteiger partial charge on any atom is -0.392 e. The molecule has 1 fully saturated rings. The maximum absolute atomic E-state index is 13.5. The van der Waals surface area contributed by atoms with Crippen molar-refractivity contribution in [2.75, 3.05) is 37.6 Å². The van der Waals surface area contributed by atoms with E-state index in [9.17, 15) is 9.50 Å². The summed E-state index contributed by atoms with van der Waals surface area (Å²) in [6, 6.07) is 16.8. The molecule has 0 saturated carbocycles. The number of halogens is 1. The molecule has 5 nitrogen and oxygen atoms in total. The first-order chi connectivity index (χ1) is 17.1. The number of β-amino-alcohol motifs (C(OH)–C–C–N with tert-alkyl or cyclic N) is 1. The highest BCUT2D eigenvalue weighted by Gasteiger charge is 2.24. The molecule has 4 rings (SSSR count). The van der Waals surface area contributed by atoms with Crippen molar-refractivity contribution in [1.29, 1.82) is 0 Å². The molecule has 2 aromatic carbocycles. The largest absolute Gasteiger partial charge is 0.392 e. The van der Waals surface area contributed by atoms with Crippen molar-refractivity contribution in [3.8, 4) is 11.4 Å². The van der Waals surface area contributed by atoms with E-state index >= 15 is 0 Å². The molecule has 1 aromatic heterocycles. The number of rotatable bonds is 10. The summed E-state index contributed by atoms with van der Waals surface area (Å²) in [7, 11) is 0. The molecule has 3 aromatic rings. The van der Waals surface area contributed by atoms with Gasteiger partial charge in [-0.25, -0.2) is 14.4 Å². The normalized spacial score (nSPS) is 15.2. The number of aromatic nitrogens is 2. The fourth-order valence-corrected chi connectivity index (χ4v) is 4.62. The van der Waals surface area contributed by atoms with Crippen molar-refractivity contribution in [3.63, 3.8) is 0 Å². The van der Waals surface area contributed by atoms with Crippen LogP contribution in [0.2, 0.25) is 0 Å². The van der Waals surface area contributed by atoms with Crippen LogP contribution in [-0.4, -0.2) is 58.8 Å². The zero-order valence-electron chi connectivity index (χ0n) is 20.5. The molecule has 1 saturated heterocycles. The summed E-state index contributed by atoms with van der Waals surface area (Å²) in [6.07, 6.45) is 4.56. The van der Waals surface area contributed by atoms with Gasteiger partial charge >= 0.3 is 0 Å². The lowest BCUT2D eigenvalue weighted by Crippen LogP contribution is -2.49. The molecule has 2 heterocycles. The molecule has 0 bridgehead atoms. The Hall–Kier alpha value is -3.09. The third-order valence-electron chi connectivity index (χ3n) is 6.58. The van der Waals surface area contributed by atoms with Gasteiger partial charge in [0.15, 0.2) is 5.82 Å². The van der Waals surface area contributed by atoms with E-state index in [1.54, 1.807) is 0 Å². The number of anilines is 1. The van der Waals surface area contributed by atoms with E-state index in [4.69, 9.17) is 9.97 Å². The lowest BCUT2D eigenvalue weighted by Gasteiger charge is -2.37. The molecule has 1 unspecified atom stereocenters. The Labute approximate surface area is 208 Å². The Balaban J connectivity index is 1.62. The van der Waals surface area contributed by atoms with Gasteiger partial charge in [0.25, 0.3) is 0 Å². The molecule has 0 aliphatic carbocycles. The average molecular weight is 475 g/mol. The molecule has 0 radical (unpaired) electrons. The van der Waals surface area contributed by atoms with Crippen LogP contribution in [0, 0.1) is 5.82 Å². The summed E-state index contributed by atoms with van der Waals surface area (Å²) in [4.78, 5) is 14.7. The number of hydrogen-bond acceptors (Lipinski definition) is 5. The number of hydrogen-bond donors (Lipinski definition) is 1. The predicted octanol–water partition coefficient (Wildman–Crippen LogP) is 4.89. The zero-order valence-corrected chi connectivity index (χ0v) is 20.5. The second-order valence-corrected chi connectivity index (χ2v) is 9.13. The lowest BCUT2D eigenvalue weighted by atomic mass is 10.0.